The molecular weight excluding hydrogens is 486 g/mol. The van der Waals surface area contributed by atoms with E-state index in [1.807, 2.05) is 60.7 Å². The third kappa shape index (κ3) is 5.13. The van der Waals surface area contributed by atoms with Crippen LogP contribution in [0.2, 0.25) is 0 Å². The SMILES string of the molecule is CC(C)(C)[C@H]1CCc2c(sc3nc(SCC(=O)NCc4ccccc4)n(-c4ccccc4)c(=O)c23)C1. The molecule has 5 nitrogen and oxygen atoms in total. The fourth-order valence-electron chi connectivity index (χ4n) is 4.82. The van der Waals surface area contributed by atoms with Crippen LogP contribution < -0.4 is 10.9 Å². The predicted molar refractivity (Wildman–Crippen MR) is 149 cm³/mol. The molecule has 0 aliphatic heterocycles. The first-order chi connectivity index (χ1) is 17.3. The summed E-state index contributed by atoms with van der Waals surface area (Å²) < 4.78 is 1.68. The van der Waals surface area contributed by atoms with E-state index in [0.717, 1.165) is 40.7 Å². The Balaban J connectivity index is 1.47. The van der Waals surface area contributed by atoms with Gasteiger partial charge in [0.05, 0.1) is 16.8 Å². The van der Waals surface area contributed by atoms with E-state index in [1.165, 1.54) is 22.2 Å². The number of thiophene rings is 1. The number of nitrogens with one attached hydrogen (secondary N) is 1. The monoisotopic (exact) mass is 517 g/mol. The Labute approximate surface area is 220 Å². The zero-order valence-electron chi connectivity index (χ0n) is 20.9. The summed E-state index contributed by atoms with van der Waals surface area (Å²) in [6, 6.07) is 19.5. The number of hydrogen-bond donors (Lipinski definition) is 1. The van der Waals surface area contributed by atoms with Crippen molar-refractivity contribution < 1.29 is 4.79 Å². The quantitative estimate of drug-likeness (QED) is 0.251. The Morgan fingerprint density at radius 3 is 2.50 bits per heavy atom. The van der Waals surface area contributed by atoms with Gasteiger partial charge in [0, 0.05) is 11.4 Å². The molecule has 0 saturated carbocycles. The van der Waals surface area contributed by atoms with E-state index in [2.05, 4.69) is 26.1 Å². The van der Waals surface area contributed by atoms with Crippen molar-refractivity contribution in [2.45, 2.75) is 51.7 Å². The summed E-state index contributed by atoms with van der Waals surface area (Å²) in [5, 5.41) is 4.28. The number of carbonyl (C=O) groups excluding carboxylic acids is 1. The summed E-state index contributed by atoms with van der Waals surface area (Å²) in [6.45, 7) is 7.38. The molecular formula is C29H31N3O2S2. The number of amides is 1. The highest BCUT2D eigenvalue weighted by Gasteiger charge is 2.32. The molecule has 2 heterocycles. The fourth-order valence-corrected chi connectivity index (χ4v) is 7.01. The van der Waals surface area contributed by atoms with Crippen LogP contribution in [0.4, 0.5) is 0 Å². The zero-order chi connectivity index (χ0) is 25.3. The smallest absolute Gasteiger partial charge is 0.267 e. The van der Waals surface area contributed by atoms with Crippen molar-refractivity contribution in [1.82, 2.24) is 14.9 Å². The van der Waals surface area contributed by atoms with Crippen LogP contribution in [0.1, 0.15) is 43.2 Å². The lowest BCUT2D eigenvalue weighted by Gasteiger charge is -2.33. The van der Waals surface area contributed by atoms with Crippen LogP contribution in [0.3, 0.4) is 0 Å². The van der Waals surface area contributed by atoms with E-state index in [4.69, 9.17) is 4.98 Å². The van der Waals surface area contributed by atoms with E-state index in [0.29, 0.717) is 17.6 Å². The molecule has 0 spiro atoms. The van der Waals surface area contributed by atoms with Gasteiger partial charge in [0.15, 0.2) is 5.16 Å². The molecule has 1 aliphatic rings. The van der Waals surface area contributed by atoms with E-state index >= 15 is 0 Å². The minimum Gasteiger partial charge on any atom is -0.351 e. The predicted octanol–water partition coefficient (Wildman–Crippen LogP) is 6.01. The van der Waals surface area contributed by atoms with Crippen molar-refractivity contribution in [3.8, 4) is 5.69 Å². The van der Waals surface area contributed by atoms with Crippen LogP contribution in [0, 0.1) is 11.3 Å². The summed E-state index contributed by atoms with van der Waals surface area (Å²) in [7, 11) is 0. The van der Waals surface area contributed by atoms with Crippen molar-refractivity contribution in [3.63, 3.8) is 0 Å². The van der Waals surface area contributed by atoms with Crippen molar-refractivity contribution in [1.29, 1.82) is 0 Å². The third-order valence-corrected chi connectivity index (χ3v) is 9.04. The topological polar surface area (TPSA) is 64.0 Å². The van der Waals surface area contributed by atoms with E-state index in [1.54, 1.807) is 15.9 Å². The summed E-state index contributed by atoms with van der Waals surface area (Å²) in [6.07, 6.45) is 3.00. The van der Waals surface area contributed by atoms with Gasteiger partial charge in [-0.1, -0.05) is 81.1 Å². The van der Waals surface area contributed by atoms with Crippen LogP contribution in [0.25, 0.3) is 15.9 Å². The summed E-state index contributed by atoms with van der Waals surface area (Å²) in [4.78, 5) is 33.6. The number of benzene rings is 2. The molecule has 2 aromatic heterocycles. The first-order valence-corrected chi connectivity index (χ1v) is 14.2. The molecule has 1 atom stereocenters. The van der Waals surface area contributed by atoms with Gasteiger partial charge in [-0.25, -0.2) is 4.98 Å². The van der Waals surface area contributed by atoms with E-state index in [-0.39, 0.29) is 22.6 Å². The molecule has 7 heteroatoms. The van der Waals surface area contributed by atoms with Crippen LogP contribution in [0.5, 0.6) is 0 Å². The molecule has 5 rings (SSSR count). The fraction of sp³-hybridized carbons (Fsp3) is 0.345. The van der Waals surface area contributed by atoms with Crippen LogP contribution in [-0.4, -0.2) is 21.2 Å². The molecule has 0 saturated heterocycles. The molecule has 1 aliphatic carbocycles. The first-order valence-electron chi connectivity index (χ1n) is 12.4. The lowest BCUT2D eigenvalue weighted by atomic mass is 9.72. The Hall–Kier alpha value is -2.90. The number of para-hydroxylation sites is 1. The van der Waals surface area contributed by atoms with E-state index < -0.39 is 0 Å². The van der Waals surface area contributed by atoms with E-state index in [9.17, 15) is 9.59 Å². The molecule has 0 unspecified atom stereocenters. The molecule has 0 bridgehead atoms. The normalized spacial score (nSPS) is 15.6. The Bertz CT molecular complexity index is 1440. The molecule has 2 aromatic carbocycles. The van der Waals surface area contributed by atoms with Crippen molar-refractivity contribution in [2.24, 2.45) is 11.3 Å². The van der Waals surface area contributed by atoms with Gasteiger partial charge in [0.25, 0.3) is 5.56 Å². The molecule has 1 N–H and O–H groups in total. The van der Waals surface area contributed by atoms with Crippen LogP contribution in [-0.2, 0) is 24.2 Å². The summed E-state index contributed by atoms with van der Waals surface area (Å²) in [5.74, 6) is 0.697. The molecule has 0 radical (unpaired) electrons. The maximum absolute atomic E-state index is 13.9. The minimum atomic E-state index is -0.0868. The third-order valence-electron chi connectivity index (χ3n) is 6.96. The van der Waals surface area contributed by atoms with Gasteiger partial charge in [-0.05, 0) is 53.9 Å². The Kier molecular flexibility index (Phi) is 7.04. The van der Waals surface area contributed by atoms with Gasteiger partial charge in [0.2, 0.25) is 5.91 Å². The Morgan fingerprint density at radius 1 is 1.11 bits per heavy atom. The lowest BCUT2D eigenvalue weighted by molar-refractivity contribution is -0.118. The second-order valence-electron chi connectivity index (χ2n) is 10.4. The highest BCUT2D eigenvalue weighted by Crippen LogP contribution is 2.42. The van der Waals surface area contributed by atoms with Crippen LogP contribution in [0.15, 0.2) is 70.6 Å². The number of hydrogen-bond acceptors (Lipinski definition) is 5. The maximum Gasteiger partial charge on any atom is 0.267 e. The van der Waals surface area contributed by atoms with Crippen molar-refractivity contribution >= 4 is 39.2 Å². The second-order valence-corrected chi connectivity index (χ2v) is 12.4. The number of aromatic nitrogens is 2. The summed E-state index contributed by atoms with van der Waals surface area (Å²) in [5.41, 5.74) is 3.20. The number of fused-ring (bicyclic) bond motifs is 3. The molecule has 186 valence electrons. The average Bonchev–Trinajstić information content (AvgIpc) is 3.25. The van der Waals surface area contributed by atoms with Gasteiger partial charge in [-0.15, -0.1) is 11.3 Å². The Morgan fingerprint density at radius 2 is 1.81 bits per heavy atom. The number of aryl methyl sites for hydroxylation is 1. The number of rotatable bonds is 6. The van der Waals surface area contributed by atoms with Gasteiger partial charge >= 0.3 is 0 Å². The highest BCUT2D eigenvalue weighted by atomic mass is 32.2. The van der Waals surface area contributed by atoms with Gasteiger partial charge in [-0.2, -0.15) is 0 Å². The number of carbonyl (C=O) groups is 1. The molecule has 1 amide bonds. The molecule has 36 heavy (non-hydrogen) atoms. The first kappa shape index (κ1) is 24.8. The van der Waals surface area contributed by atoms with Crippen molar-refractivity contribution in [2.75, 3.05) is 5.75 Å². The maximum atomic E-state index is 13.9. The number of thioether (sulfide) groups is 1. The average molecular weight is 518 g/mol. The van der Waals surface area contributed by atoms with Gasteiger partial charge < -0.3 is 5.32 Å². The van der Waals surface area contributed by atoms with Crippen molar-refractivity contribution in [3.05, 3.63) is 87.0 Å². The molecule has 4 aromatic rings. The van der Waals surface area contributed by atoms with Crippen LogP contribution >= 0.6 is 23.1 Å². The largest absolute Gasteiger partial charge is 0.351 e. The second kappa shape index (κ2) is 10.2. The summed E-state index contributed by atoms with van der Waals surface area (Å²) >= 11 is 2.97. The van der Waals surface area contributed by atoms with Gasteiger partial charge in [-0.3, -0.25) is 14.2 Å². The minimum absolute atomic E-state index is 0.0369. The highest BCUT2D eigenvalue weighted by molar-refractivity contribution is 7.99. The lowest BCUT2D eigenvalue weighted by Crippen LogP contribution is -2.27. The molecule has 0 fully saturated rings. The van der Waals surface area contributed by atoms with Gasteiger partial charge in [0.1, 0.15) is 4.83 Å². The zero-order valence-corrected chi connectivity index (χ0v) is 22.5. The standard InChI is InChI=1S/C29H31N3O2S2/c1-29(2,3)20-14-15-22-23(16-20)36-26-25(22)27(34)32(21-12-8-5-9-13-21)28(31-26)35-18-24(33)30-17-19-10-6-4-7-11-19/h4-13,20H,14-18H2,1-3H3,(H,30,33)/t20-/m0/s1. The number of nitrogens with zero attached hydrogens (tertiary/aromatic N) is 2.